The van der Waals surface area contributed by atoms with Crippen molar-refractivity contribution in [1.29, 1.82) is 0 Å². The third-order valence-electron chi connectivity index (χ3n) is 5.30. The van der Waals surface area contributed by atoms with Crippen LogP contribution in [0.25, 0.3) is 10.9 Å². The van der Waals surface area contributed by atoms with Crippen LogP contribution in [0.15, 0.2) is 27.8 Å². The van der Waals surface area contributed by atoms with E-state index in [9.17, 15) is 14.4 Å². The lowest BCUT2D eigenvalue weighted by atomic mass is 9.79. The number of nitrogens with one attached hydrogen (secondary N) is 2. The molecule has 134 valence electrons. The molecule has 1 aliphatic rings. The van der Waals surface area contributed by atoms with Crippen LogP contribution < -0.4 is 16.6 Å². The van der Waals surface area contributed by atoms with Gasteiger partial charge in [0.15, 0.2) is 0 Å². The summed E-state index contributed by atoms with van der Waals surface area (Å²) in [6, 6.07) is 4.91. The van der Waals surface area contributed by atoms with E-state index in [2.05, 4.69) is 24.1 Å². The molecule has 1 heterocycles. The van der Waals surface area contributed by atoms with Crippen molar-refractivity contribution in [3.8, 4) is 0 Å². The number of benzene rings is 1. The maximum absolute atomic E-state index is 12.9. The van der Waals surface area contributed by atoms with Gasteiger partial charge in [0.1, 0.15) is 0 Å². The predicted octanol–water partition coefficient (Wildman–Crippen LogP) is 3.04. The van der Waals surface area contributed by atoms with E-state index in [0.29, 0.717) is 28.4 Å². The standard InChI is InChI=1S/C19H25N3O3/c1-11(2)13-4-7-15(8-5-13)22-18(24)16-10-14(20-12(3)23)6-9-17(16)21-19(22)25/h6,9-11,13,15H,4-5,7-8H2,1-3H3,(H,20,23)(H,21,25)/t13-,15-. The molecule has 3 rings (SSSR count). The lowest BCUT2D eigenvalue weighted by Gasteiger charge is -2.31. The Hall–Kier alpha value is -2.37. The molecular formula is C19H25N3O3. The molecular weight excluding hydrogens is 318 g/mol. The topological polar surface area (TPSA) is 84.0 Å². The van der Waals surface area contributed by atoms with E-state index in [1.54, 1.807) is 18.2 Å². The largest absolute Gasteiger partial charge is 0.329 e. The molecule has 0 saturated heterocycles. The minimum absolute atomic E-state index is 0.0555. The first-order valence-electron chi connectivity index (χ1n) is 8.93. The predicted molar refractivity (Wildman–Crippen MR) is 99.0 cm³/mol. The maximum atomic E-state index is 12.9. The van der Waals surface area contributed by atoms with E-state index in [4.69, 9.17) is 0 Å². The molecule has 25 heavy (non-hydrogen) atoms. The van der Waals surface area contributed by atoms with Gasteiger partial charge in [-0.1, -0.05) is 13.8 Å². The van der Waals surface area contributed by atoms with Gasteiger partial charge in [0.25, 0.3) is 5.56 Å². The van der Waals surface area contributed by atoms with Crippen LogP contribution in [0.5, 0.6) is 0 Å². The Kier molecular flexibility index (Phi) is 4.79. The van der Waals surface area contributed by atoms with Crippen LogP contribution in [0, 0.1) is 11.8 Å². The quantitative estimate of drug-likeness (QED) is 0.898. The lowest BCUT2D eigenvalue weighted by Crippen LogP contribution is -2.39. The second-order valence-electron chi connectivity index (χ2n) is 7.36. The number of carbonyl (C=O) groups is 1. The Bertz CT molecular complexity index is 902. The van der Waals surface area contributed by atoms with Crippen molar-refractivity contribution in [2.24, 2.45) is 11.8 Å². The summed E-state index contributed by atoms with van der Waals surface area (Å²) in [4.78, 5) is 39.4. The first-order valence-corrected chi connectivity index (χ1v) is 8.93. The van der Waals surface area contributed by atoms with Crippen molar-refractivity contribution in [3.05, 3.63) is 39.0 Å². The number of aromatic nitrogens is 2. The molecule has 0 aliphatic heterocycles. The molecule has 6 nitrogen and oxygen atoms in total. The fourth-order valence-electron chi connectivity index (χ4n) is 3.87. The van der Waals surface area contributed by atoms with E-state index in [0.717, 1.165) is 25.7 Å². The second-order valence-corrected chi connectivity index (χ2v) is 7.36. The van der Waals surface area contributed by atoms with E-state index >= 15 is 0 Å². The molecule has 0 bridgehead atoms. The zero-order chi connectivity index (χ0) is 18.1. The Morgan fingerprint density at radius 1 is 1.20 bits per heavy atom. The summed E-state index contributed by atoms with van der Waals surface area (Å²) in [5.74, 6) is 1.10. The van der Waals surface area contributed by atoms with Crippen molar-refractivity contribution in [2.45, 2.75) is 52.5 Å². The van der Waals surface area contributed by atoms with Crippen LogP contribution in [0.3, 0.4) is 0 Å². The van der Waals surface area contributed by atoms with Crippen molar-refractivity contribution < 1.29 is 4.79 Å². The van der Waals surface area contributed by atoms with Crippen LogP contribution in [-0.2, 0) is 4.79 Å². The molecule has 1 aliphatic carbocycles. The molecule has 0 unspecified atom stereocenters. The summed E-state index contributed by atoms with van der Waals surface area (Å²) in [6.45, 7) is 5.87. The Labute approximate surface area is 146 Å². The SMILES string of the molecule is CC(=O)Nc1ccc2[nH]c(=O)n([C@H]3CC[C@H](C(C)C)CC3)c(=O)c2c1. The molecule has 6 heteroatoms. The third-order valence-corrected chi connectivity index (χ3v) is 5.30. The smallest absolute Gasteiger partial charge is 0.326 e. The maximum Gasteiger partial charge on any atom is 0.329 e. The monoisotopic (exact) mass is 343 g/mol. The first-order chi connectivity index (χ1) is 11.9. The highest BCUT2D eigenvalue weighted by molar-refractivity contribution is 5.91. The van der Waals surface area contributed by atoms with E-state index in [-0.39, 0.29) is 23.2 Å². The highest BCUT2D eigenvalue weighted by Crippen LogP contribution is 2.34. The normalized spacial score (nSPS) is 20.8. The molecule has 1 aromatic heterocycles. The molecule has 1 aromatic carbocycles. The second kappa shape index (κ2) is 6.86. The summed E-state index contributed by atoms with van der Waals surface area (Å²) < 4.78 is 1.37. The number of H-pyrrole nitrogens is 1. The van der Waals surface area contributed by atoms with Crippen molar-refractivity contribution >= 4 is 22.5 Å². The van der Waals surface area contributed by atoms with Gasteiger partial charge in [-0.3, -0.25) is 14.2 Å². The van der Waals surface area contributed by atoms with E-state index in [1.165, 1.54) is 11.5 Å². The van der Waals surface area contributed by atoms with E-state index in [1.807, 2.05) is 0 Å². The number of aromatic amines is 1. The molecule has 0 radical (unpaired) electrons. The highest BCUT2D eigenvalue weighted by Gasteiger charge is 2.26. The summed E-state index contributed by atoms with van der Waals surface area (Å²) >= 11 is 0. The van der Waals surface area contributed by atoms with Gasteiger partial charge in [-0.05, 0) is 55.7 Å². The number of anilines is 1. The molecule has 0 atom stereocenters. The minimum atomic E-state index is -0.349. The number of rotatable bonds is 3. The number of hydrogen-bond donors (Lipinski definition) is 2. The Morgan fingerprint density at radius 2 is 1.88 bits per heavy atom. The zero-order valence-corrected chi connectivity index (χ0v) is 15.0. The highest BCUT2D eigenvalue weighted by atomic mass is 16.2. The van der Waals surface area contributed by atoms with Crippen molar-refractivity contribution in [2.75, 3.05) is 5.32 Å². The molecule has 1 saturated carbocycles. The summed E-state index contributed by atoms with van der Waals surface area (Å²) in [7, 11) is 0. The Morgan fingerprint density at radius 3 is 2.48 bits per heavy atom. The number of carbonyl (C=O) groups excluding carboxylic acids is 1. The third kappa shape index (κ3) is 3.52. The Balaban J connectivity index is 1.99. The van der Waals surface area contributed by atoms with Gasteiger partial charge in [0.2, 0.25) is 5.91 Å². The first kappa shape index (κ1) is 17.5. The summed E-state index contributed by atoms with van der Waals surface area (Å²) in [5.41, 5.74) is 0.423. The number of nitrogens with zero attached hydrogens (tertiary/aromatic N) is 1. The van der Waals surface area contributed by atoms with Gasteiger partial charge >= 0.3 is 5.69 Å². The summed E-state index contributed by atoms with van der Waals surface area (Å²) in [5, 5.41) is 3.10. The van der Waals surface area contributed by atoms with Gasteiger partial charge < -0.3 is 10.3 Å². The van der Waals surface area contributed by atoms with Crippen LogP contribution in [-0.4, -0.2) is 15.5 Å². The van der Waals surface area contributed by atoms with Gasteiger partial charge in [0, 0.05) is 18.7 Å². The van der Waals surface area contributed by atoms with Crippen LogP contribution in [0.4, 0.5) is 5.69 Å². The van der Waals surface area contributed by atoms with E-state index < -0.39 is 0 Å². The molecule has 0 spiro atoms. The average molecular weight is 343 g/mol. The van der Waals surface area contributed by atoms with Gasteiger partial charge in [-0.25, -0.2) is 4.79 Å². The fourth-order valence-corrected chi connectivity index (χ4v) is 3.87. The van der Waals surface area contributed by atoms with Gasteiger partial charge in [-0.2, -0.15) is 0 Å². The summed E-state index contributed by atoms with van der Waals surface area (Å²) in [6.07, 6.45) is 3.78. The lowest BCUT2D eigenvalue weighted by molar-refractivity contribution is -0.114. The van der Waals surface area contributed by atoms with Gasteiger partial charge in [-0.15, -0.1) is 0 Å². The van der Waals surface area contributed by atoms with Crippen LogP contribution in [0.2, 0.25) is 0 Å². The number of amides is 1. The minimum Gasteiger partial charge on any atom is -0.326 e. The van der Waals surface area contributed by atoms with Crippen LogP contribution in [0.1, 0.15) is 52.5 Å². The number of hydrogen-bond acceptors (Lipinski definition) is 3. The van der Waals surface area contributed by atoms with Crippen LogP contribution >= 0.6 is 0 Å². The average Bonchev–Trinajstić information content (AvgIpc) is 2.55. The molecule has 2 aromatic rings. The van der Waals surface area contributed by atoms with Crippen molar-refractivity contribution in [1.82, 2.24) is 9.55 Å². The van der Waals surface area contributed by atoms with Crippen molar-refractivity contribution in [3.63, 3.8) is 0 Å². The molecule has 1 amide bonds. The fraction of sp³-hybridized carbons (Fsp3) is 0.526. The molecule has 1 fully saturated rings. The number of fused-ring (bicyclic) bond motifs is 1. The van der Waals surface area contributed by atoms with Gasteiger partial charge in [0.05, 0.1) is 10.9 Å². The zero-order valence-electron chi connectivity index (χ0n) is 15.0. The molecule has 2 N–H and O–H groups in total.